The third kappa shape index (κ3) is 5.58. The van der Waals surface area contributed by atoms with Crippen molar-refractivity contribution in [2.75, 3.05) is 45.9 Å². The van der Waals surface area contributed by atoms with E-state index in [4.69, 9.17) is 9.47 Å². The van der Waals surface area contributed by atoms with Crippen LogP contribution in [0.3, 0.4) is 0 Å². The fraction of sp³-hybridized carbons (Fsp3) is 0.588. The molecule has 0 radical (unpaired) electrons. The van der Waals surface area contributed by atoms with Crippen LogP contribution in [-0.2, 0) is 14.8 Å². The molecule has 1 heterocycles. The van der Waals surface area contributed by atoms with Gasteiger partial charge in [-0.05, 0) is 38.9 Å². The van der Waals surface area contributed by atoms with Gasteiger partial charge in [0.1, 0.15) is 0 Å². The van der Waals surface area contributed by atoms with Gasteiger partial charge in [-0.3, -0.25) is 4.79 Å². The van der Waals surface area contributed by atoms with E-state index in [9.17, 15) is 13.2 Å². The molecule has 1 aromatic carbocycles. The van der Waals surface area contributed by atoms with Gasteiger partial charge in [-0.15, -0.1) is 0 Å². The largest absolute Gasteiger partial charge is 0.490 e. The minimum atomic E-state index is -3.82. The van der Waals surface area contributed by atoms with E-state index < -0.39 is 10.0 Å². The Morgan fingerprint density at radius 2 is 1.88 bits per heavy atom. The van der Waals surface area contributed by atoms with Crippen molar-refractivity contribution in [3.8, 4) is 11.5 Å². The van der Waals surface area contributed by atoms with Crippen LogP contribution in [-0.4, -0.2) is 65.2 Å². The lowest BCUT2D eigenvalue weighted by Gasteiger charge is -2.20. The molecule has 1 aromatic rings. The fourth-order valence-electron chi connectivity index (χ4n) is 2.65. The molecule has 0 aromatic heterocycles. The van der Waals surface area contributed by atoms with Crippen LogP contribution < -0.4 is 19.5 Å². The van der Waals surface area contributed by atoms with Gasteiger partial charge < -0.3 is 19.7 Å². The van der Waals surface area contributed by atoms with Crippen LogP contribution in [0, 0.1) is 0 Å². The van der Waals surface area contributed by atoms with Crippen molar-refractivity contribution in [3.63, 3.8) is 0 Å². The SMILES string of the molecule is CCOc1ccc(S(=O)(=O)NCC(=O)N2CCCNCC2)cc1OCC. The predicted molar refractivity (Wildman–Crippen MR) is 98.0 cm³/mol. The highest BCUT2D eigenvalue weighted by Gasteiger charge is 2.21. The number of nitrogens with one attached hydrogen (secondary N) is 2. The standard InChI is InChI=1S/C17H27N3O5S/c1-3-24-15-7-6-14(12-16(15)25-4-2)26(22,23)19-13-17(21)20-10-5-8-18-9-11-20/h6-7,12,18-19H,3-5,8-11,13H2,1-2H3. The Morgan fingerprint density at radius 3 is 2.62 bits per heavy atom. The van der Waals surface area contributed by atoms with E-state index >= 15 is 0 Å². The van der Waals surface area contributed by atoms with E-state index in [1.54, 1.807) is 11.0 Å². The van der Waals surface area contributed by atoms with Gasteiger partial charge >= 0.3 is 0 Å². The van der Waals surface area contributed by atoms with E-state index in [2.05, 4.69) is 10.0 Å². The number of amides is 1. The number of carbonyl (C=O) groups excluding carboxylic acids is 1. The van der Waals surface area contributed by atoms with Crippen LogP contribution in [0.15, 0.2) is 23.1 Å². The van der Waals surface area contributed by atoms with E-state index in [1.807, 2.05) is 13.8 Å². The van der Waals surface area contributed by atoms with Crippen molar-refractivity contribution in [3.05, 3.63) is 18.2 Å². The number of hydrogen-bond donors (Lipinski definition) is 2. The zero-order valence-electron chi connectivity index (χ0n) is 15.3. The molecule has 9 heteroatoms. The van der Waals surface area contributed by atoms with E-state index in [0.717, 1.165) is 19.5 Å². The van der Waals surface area contributed by atoms with Crippen molar-refractivity contribution in [2.45, 2.75) is 25.2 Å². The highest BCUT2D eigenvalue weighted by atomic mass is 32.2. The summed E-state index contributed by atoms with van der Waals surface area (Å²) in [6.45, 7) is 7.01. The Bertz CT molecular complexity index is 700. The van der Waals surface area contributed by atoms with E-state index in [-0.39, 0.29) is 17.3 Å². The van der Waals surface area contributed by atoms with Crippen LogP contribution in [0.1, 0.15) is 20.3 Å². The summed E-state index contributed by atoms with van der Waals surface area (Å²) >= 11 is 0. The summed E-state index contributed by atoms with van der Waals surface area (Å²) in [5.74, 6) is 0.622. The van der Waals surface area contributed by atoms with Gasteiger partial charge in [0, 0.05) is 25.7 Å². The summed E-state index contributed by atoms with van der Waals surface area (Å²) in [6.07, 6.45) is 0.856. The minimum Gasteiger partial charge on any atom is -0.490 e. The second-order valence-corrected chi connectivity index (χ2v) is 7.55. The fourth-order valence-corrected chi connectivity index (χ4v) is 3.64. The molecule has 0 bridgehead atoms. The van der Waals surface area contributed by atoms with Crippen LogP contribution in [0.4, 0.5) is 0 Å². The third-order valence-electron chi connectivity index (χ3n) is 3.93. The predicted octanol–water partition coefficient (Wildman–Crippen LogP) is 0.584. The number of rotatable bonds is 8. The molecule has 0 atom stereocenters. The molecule has 1 fully saturated rings. The Hall–Kier alpha value is -1.84. The second kappa shape index (κ2) is 9.75. The summed E-state index contributed by atoms with van der Waals surface area (Å²) in [7, 11) is -3.82. The lowest BCUT2D eigenvalue weighted by Crippen LogP contribution is -2.41. The first-order valence-corrected chi connectivity index (χ1v) is 10.3. The molecule has 1 saturated heterocycles. The van der Waals surface area contributed by atoms with Gasteiger partial charge in [0.25, 0.3) is 0 Å². The monoisotopic (exact) mass is 385 g/mol. The van der Waals surface area contributed by atoms with Gasteiger partial charge in [0.15, 0.2) is 11.5 Å². The van der Waals surface area contributed by atoms with E-state index in [1.165, 1.54) is 12.1 Å². The molecule has 2 N–H and O–H groups in total. The number of ether oxygens (including phenoxy) is 2. The number of carbonyl (C=O) groups is 1. The Labute approximate surface area is 154 Å². The van der Waals surface area contributed by atoms with E-state index in [0.29, 0.717) is 37.8 Å². The van der Waals surface area contributed by atoms with Gasteiger partial charge in [0.2, 0.25) is 15.9 Å². The van der Waals surface area contributed by atoms with Gasteiger partial charge in [-0.2, -0.15) is 0 Å². The molecular formula is C17H27N3O5S. The normalized spacial score (nSPS) is 15.4. The first-order valence-electron chi connectivity index (χ1n) is 8.85. The van der Waals surface area contributed by atoms with Crippen LogP contribution in [0.25, 0.3) is 0 Å². The summed E-state index contributed by atoms with van der Waals surface area (Å²) < 4.78 is 38.3. The van der Waals surface area contributed by atoms with Gasteiger partial charge in [-0.1, -0.05) is 0 Å². The van der Waals surface area contributed by atoms with Gasteiger partial charge in [0.05, 0.1) is 24.7 Å². The summed E-state index contributed by atoms with van der Waals surface area (Å²) in [4.78, 5) is 14.0. The molecule has 1 aliphatic rings. The Balaban J connectivity index is 2.06. The number of benzene rings is 1. The quantitative estimate of drug-likeness (QED) is 0.680. The molecule has 2 rings (SSSR count). The van der Waals surface area contributed by atoms with Crippen LogP contribution >= 0.6 is 0 Å². The summed E-state index contributed by atoms with van der Waals surface area (Å²) in [5, 5.41) is 3.21. The summed E-state index contributed by atoms with van der Waals surface area (Å²) in [6, 6.07) is 4.42. The lowest BCUT2D eigenvalue weighted by molar-refractivity contribution is -0.129. The van der Waals surface area contributed by atoms with Crippen molar-refractivity contribution >= 4 is 15.9 Å². The maximum absolute atomic E-state index is 12.5. The molecule has 1 amide bonds. The zero-order valence-corrected chi connectivity index (χ0v) is 16.1. The number of sulfonamides is 1. The summed E-state index contributed by atoms with van der Waals surface area (Å²) in [5.41, 5.74) is 0. The Kier molecular flexibility index (Phi) is 7.67. The molecule has 8 nitrogen and oxygen atoms in total. The van der Waals surface area contributed by atoms with Gasteiger partial charge in [-0.25, -0.2) is 13.1 Å². The molecule has 0 saturated carbocycles. The van der Waals surface area contributed by atoms with Crippen molar-refractivity contribution < 1.29 is 22.7 Å². The van der Waals surface area contributed by atoms with Crippen LogP contribution in [0.2, 0.25) is 0 Å². The van der Waals surface area contributed by atoms with Crippen LogP contribution in [0.5, 0.6) is 11.5 Å². The molecule has 0 unspecified atom stereocenters. The molecule has 146 valence electrons. The molecular weight excluding hydrogens is 358 g/mol. The van der Waals surface area contributed by atoms with Crippen molar-refractivity contribution in [2.24, 2.45) is 0 Å². The first-order chi connectivity index (χ1) is 12.5. The minimum absolute atomic E-state index is 0.0368. The molecule has 26 heavy (non-hydrogen) atoms. The number of hydrogen-bond acceptors (Lipinski definition) is 6. The smallest absolute Gasteiger partial charge is 0.241 e. The maximum atomic E-state index is 12.5. The highest BCUT2D eigenvalue weighted by molar-refractivity contribution is 7.89. The number of nitrogens with zero attached hydrogens (tertiary/aromatic N) is 1. The average molecular weight is 385 g/mol. The molecule has 0 spiro atoms. The lowest BCUT2D eigenvalue weighted by atomic mass is 10.3. The third-order valence-corrected chi connectivity index (χ3v) is 5.33. The first kappa shape index (κ1) is 20.5. The maximum Gasteiger partial charge on any atom is 0.241 e. The zero-order chi connectivity index (χ0) is 19.0. The molecule has 1 aliphatic heterocycles. The average Bonchev–Trinajstić information content (AvgIpc) is 2.91. The van der Waals surface area contributed by atoms with Crippen molar-refractivity contribution in [1.29, 1.82) is 0 Å². The highest BCUT2D eigenvalue weighted by Crippen LogP contribution is 2.30. The second-order valence-electron chi connectivity index (χ2n) is 5.78. The van der Waals surface area contributed by atoms with Crippen molar-refractivity contribution in [1.82, 2.24) is 14.9 Å². The topological polar surface area (TPSA) is 97.0 Å². The Morgan fingerprint density at radius 1 is 1.15 bits per heavy atom. The molecule has 0 aliphatic carbocycles.